The van der Waals surface area contributed by atoms with Gasteiger partial charge in [0.25, 0.3) is 0 Å². The molecule has 204 valence electrons. The normalized spacial score (nSPS) is 24.8. The summed E-state index contributed by atoms with van der Waals surface area (Å²) in [6.07, 6.45) is -2.45. The van der Waals surface area contributed by atoms with E-state index in [9.17, 15) is 19.3 Å². The fourth-order valence-corrected chi connectivity index (χ4v) is 4.94. The van der Waals surface area contributed by atoms with Crippen LogP contribution in [0.4, 0.5) is 5.82 Å². The number of ether oxygens (including phenoxy) is 3. The van der Waals surface area contributed by atoms with Gasteiger partial charge in [0.05, 0.1) is 19.3 Å². The van der Waals surface area contributed by atoms with Gasteiger partial charge in [-0.1, -0.05) is 25.1 Å². The van der Waals surface area contributed by atoms with Gasteiger partial charge in [-0.05, 0) is 25.1 Å². The molecule has 2 aromatic rings. The Morgan fingerprint density at radius 1 is 1.30 bits per heavy atom. The number of aliphatic hydroxyl groups is 1. The van der Waals surface area contributed by atoms with Crippen LogP contribution < -0.4 is 21.0 Å². The van der Waals surface area contributed by atoms with Crippen molar-refractivity contribution in [1.82, 2.24) is 14.6 Å². The Labute approximate surface area is 214 Å². The Morgan fingerprint density at radius 2 is 2.03 bits per heavy atom. The largest absolute Gasteiger partial charge is 0.458 e. The van der Waals surface area contributed by atoms with Gasteiger partial charge in [0.2, 0.25) is 0 Å². The van der Waals surface area contributed by atoms with Crippen LogP contribution in [0.2, 0.25) is 0 Å². The van der Waals surface area contributed by atoms with Crippen molar-refractivity contribution >= 4 is 19.9 Å². The van der Waals surface area contributed by atoms with Crippen molar-refractivity contribution in [3.05, 3.63) is 53.1 Å². The second-order valence-electron chi connectivity index (χ2n) is 8.62. The number of hydrogen-bond acceptors (Lipinski definition) is 11. The minimum Gasteiger partial charge on any atom is -0.413 e. The zero-order valence-electron chi connectivity index (χ0n) is 20.8. The van der Waals surface area contributed by atoms with Crippen LogP contribution in [0.5, 0.6) is 5.75 Å². The molecule has 1 saturated heterocycles. The lowest BCUT2D eigenvalue weighted by molar-refractivity contribution is -0.112. The maximum atomic E-state index is 13.6. The molecule has 1 aliphatic heterocycles. The highest BCUT2D eigenvalue weighted by Crippen LogP contribution is 2.45. The topological polar surface area (TPSA) is 173 Å². The average molecular weight is 541 g/mol. The summed E-state index contributed by atoms with van der Waals surface area (Å²) in [4.78, 5) is 26.8. The maximum Gasteiger partial charge on any atom is 0.458 e. The molecule has 37 heavy (non-hydrogen) atoms. The third kappa shape index (κ3) is 7.92. The number of nitrogens with one attached hydrogen (secondary N) is 1. The fourth-order valence-electron chi connectivity index (χ4n) is 3.50. The second kappa shape index (κ2) is 13.2. The van der Waals surface area contributed by atoms with Gasteiger partial charge < -0.3 is 34.4 Å². The molecule has 4 unspecified atom stereocenters. The van der Waals surface area contributed by atoms with E-state index in [0.717, 1.165) is 10.9 Å². The molecule has 0 saturated carbocycles. The summed E-state index contributed by atoms with van der Waals surface area (Å²) in [5.41, 5.74) is 4.87. The number of carbonyl (C=O) groups excluding carboxylic acids is 1. The summed E-state index contributed by atoms with van der Waals surface area (Å²) in [7, 11) is -2.63. The summed E-state index contributed by atoms with van der Waals surface area (Å²) >= 11 is 0. The van der Waals surface area contributed by atoms with Crippen molar-refractivity contribution in [2.75, 3.05) is 32.6 Å². The van der Waals surface area contributed by atoms with Gasteiger partial charge in [-0.15, -0.1) is 0 Å². The Morgan fingerprint density at radius 3 is 2.68 bits per heavy atom. The van der Waals surface area contributed by atoms with E-state index < -0.39 is 44.1 Å². The number of hydrogen-bond donors (Lipinski definition) is 3. The van der Waals surface area contributed by atoms with Crippen LogP contribution >= 0.6 is 7.75 Å². The third-order valence-electron chi connectivity index (χ3n) is 5.54. The van der Waals surface area contributed by atoms with E-state index in [1.165, 1.54) is 19.4 Å². The van der Waals surface area contributed by atoms with Gasteiger partial charge in [-0.2, -0.15) is 4.98 Å². The quantitative estimate of drug-likeness (QED) is 0.231. The fraction of sp³-hybridized carbons (Fsp3) is 0.522. The Balaban J connectivity index is 1.70. The van der Waals surface area contributed by atoms with Gasteiger partial charge in [0.1, 0.15) is 36.2 Å². The molecule has 3 rings (SSSR count). The van der Waals surface area contributed by atoms with Crippen LogP contribution in [0.15, 0.2) is 47.4 Å². The number of nitrogens with zero attached hydrogens (tertiary/aromatic N) is 2. The van der Waals surface area contributed by atoms with Crippen LogP contribution in [0.25, 0.3) is 0 Å². The molecule has 4 N–H and O–H groups in total. The molecule has 2 heterocycles. The number of nitrogens with two attached hydrogens (primary N) is 1. The van der Waals surface area contributed by atoms with E-state index in [2.05, 4.69) is 10.1 Å². The smallest absolute Gasteiger partial charge is 0.413 e. The number of rotatable bonds is 14. The van der Waals surface area contributed by atoms with Crippen LogP contribution in [-0.2, 0) is 28.1 Å². The summed E-state index contributed by atoms with van der Waals surface area (Å²) in [6, 6.07) is 9.84. The van der Waals surface area contributed by atoms with E-state index in [0.29, 0.717) is 5.75 Å². The van der Waals surface area contributed by atoms with E-state index in [1.54, 1.807) is 44.2 Å². The highest BCUT2D eigenvalue weighted by atomic mass is 31.2. The molecule has 1 aromatic heterocycles. The Bertz CT molecular complexity index is 1120. The van der Waals surface area contributed by atoms with Crippen molar-refractivity contribution < 1.29 is 37.7 Å². The number of nitrogen functional groups attached to an aromatic ring is 1. The number of benzene rings is 1. The van der Waals surface area contributed by atoms with Crippen molar-refractivity contribution in [3.8, 4) is 5.75 Å². The monoisotopic (exact) mass is 540 g/mol. The molecule has 14 heteroatoms. The Kier molecular flexibility index (Phi) is 10.4. The van der Waals surface area contributed by atoms with Gasteiger partial charge in [-0.3, -0.25) is 9.09 Å². The van der Waals surface area contributed by atoms with Crippen molar-refractivity contribution in [3.63, 3.8) is 0 Å². The van der Waals surface area contributed by atoms with Gasteiger partial charge in [0.15, 0.2) is 6.23 Å². The van der Waals surface area contributed by atoms with Crippen molar-refractivity contribution in [1.29, 1.82) is 0 Å². The van der Waals surface area contributed by atoms with E-state index in [-0.39, 0.29) is 31.5 Å². The standard InChI is InChI=1S/C23H33N4O9P/c1-15(12-28)13-33-16(2)11-25-37(31,36-17-7-5-4-6-8-17)34-14-18-20(29)21(32-3)22(35-18)27-10-9-19(24)26-23(27)30/h4-10,12,15-16,18,20-22,29H,11,13-14H2,1-3H3,(H,25,31)(H2,24,26,30)/t15?,16-,18+,20?,21?,22+,37?/m0/s1. The van der Waals surface area contributed by atoms with E-state index in [1.807, 2.05) is 0 Å². The summed E-state index contributed by atoms with van der Waals surface area (Å²) in [5.74, 6) is 0.0524. The summed E-state index contributed by atoms with van der Waals surface area (Å²) in [5, 5.41) is 13.5. The molecule has 1 aromatic carbocycles. The van der Waals surface area contributed by atoms with Crippen molar-refractivity contribution in [2.24, 2.45) is 5.92 Å². The first kappa shape index (κ1) is 28.9. The third-order valence-corrected chi connectivity index (χ3v) is 7.05. The minimum absolute atomic E-state index is 0.0394. The highest BCUT2D eigenvalue weighted by Gasteiger charge is 2.46. The van der Waals surface area contributed by atoms with Crippen LogP contribution in [-0.4, -0.2) is 72.2 Å². The zero-order chi connectivity index (χ0) is 27.0. The van der Waals surface area contributed by atoms with Gasteiger partial charge >= 0.3 is 13.4 Å². The molecular weight excluding hydrogens is 507 g/mol. The number of para-hydroxylation sites is 1. The number of anilines is 1. The minimum atomic E-state index is -3.99. The lowest BCUT2D eigenvalue weighted by Crippen LogP contribution is -2.37. The number of aldehydes is 1. The van der Waals surface area contributed by atoms with Crippen molar-refractivity contribution in [2.45, 2.75) is 44.5 Å². The second-order valence-corrected chi connectivity index (χ2v) is 10.4. The molecule has 13 nitrogen and oxygen atoms in total. The maximum absolute atomic E-state index is 13.6. The molecular formula is C23H33N4O9P. The molecule has 1 aliphatic rings. The Hall–Kier alpha value is -2.64. The number of methoxy groups -OCH3 is 1. The highest BCUT2D eigenvalue weighted by molar-refractivity contribution is 7.52. The summed E-state index contributed by atoms with van der Waals surface area (Å²) < 4.78 is 42.9. The predicted molar refractivity (Wildman–Crippen MR) is 133 cm³/mol. The molecule has 7 atom stereocenters. The molecule has 0 bridgehead atoms. The number of aliphatic hydroxyl groups excluding tert-OH is 1. The molecule has 0 amide bonds. The number of aromatic nitrogens is 2. The molecule has 0 aliphatic carbocycles. The van der Waals surface area contributed by atoms with E-state index in [4.69, 9.17) is 29.0 Å². The zero-order valence-corrected chi connectivity index (χ0v) is 21.7. The SMILES string of the molecule is COC1C(O)[C@@H](COP(=O)(NC[C@H](C)OCC(C)C=O)Oc2ccccc2)O[C@H]1n1ccc(N)nc1=O. The number of carbonyl (C=O) groups is 1. The first-order valence-corrected chi connectivity index (χ1v) is 13.2. The first-order chi connectivity index (χ1) is 17.7. The summed E-state index contributed by atoms with van der Waals surface area (Å²) in [6.45, 7) is 3.40. The van der Waals surface area contributed by atoms with E-state index >= 15 is 0 Å². The van der Waals surface area contributed by atoms with Gasteiger partial charge in [0, 0.05) is 25.8 Å². The van der Waals surface area contributed by atoms with Crippen LogP contribution in [0, 0.1) is 5.92 Å². The van der Waals surface area contributed by atoms with Crippen LogP contribution in [0.3, 0.4) is 0 Å². The molecule has 1 fully saturated rings. The van der Waals surface area contributed by atoms with Crippen LogP contribution in [0.1, 0.15) is 20.1 Å². The first-order valence-electron chi connectivity index (χ1n) is 11.7. The predicted octanol–water partition coefficient (Wildman–Crippen LogP) is 1.13. The molecule has 0 radical (unpaired) electrons. The lowest BCUT2D eigenvalue weighted by Gasteiger charge is -2.24. The molecule has 0 spiro atoms. The van der Waals surface area contributed by atoms with Gasteiger partial charge in [-0.25, -0.2) is 14.4 Å². The average Bonchev–Trinajstić information content (AvgIpc) is 3.20. The lowest BCUT2D eigenvalue weighted by atomic mass is 10.1.